The van der Waals surface area contributed by atoms with Crippen LogP contribution in [-0.2, 0) is 0 Å². The second-order valence-corrected chi connectivity index (χ2v) is 3.77. The average Bonchev–Trinajstić information content (AvgIpc) is 2.39. The Morgan fingerprint density at radius 1 is 1.21 bits per heavy atom. The number of hydrogen-bond donors (Lipinski definition) is 2. The number of nitro benzene ring substituents is 1. The van der Waals surface area contributed by atoms with Crippen molar-refractivity contribution in [2.75, 3.05) is 0 Å². The number of hydrogen-bond acceptors (Lipinski definition) is 4. The summed E-state index contributed by atoms with van der Waals surface area (Å²) in [4.78, 5) is 10.2. The maximum Gasteiger partial charge on any atom is 0.270 e. The summed E-state index contributed by atoms with van der Waals surface area (Å²) < 4.78 is 5.56. The van der Waals surface area contributed by atoms with Gasteiger partial charge in [-0.1, -0.05) is 18.2 Å². The van der Waals surface area contributed by atoms with E-state index >= 15 is 0 Å². The molecule has 0 aliphatic rings. The Hall–Kier alpha value is -2.89. The van der Waals surface area contributed by atoms with Gasteiger partial charge in [0.05, 0.1) is 10.5 Å². The van der Waals surface area contributed by atoms with E-state index in [0.717, 1.165) is 0 Å². The number of nitrogen functional groups attached to an aromatic ring is 1. The van der Waals surface area contributed by atoms with E-state index in [9.17, 15) is 10.1 Å². The lowest BCUT2D eigenvalue weighted by molar-refractivity contribution is -0.384. The molecule has 0 spiro atoms. The first kappa shape index (κ1) is 12.6. The minimum absolute atomic E-state index is 0.134. The number of para-hydroxylation sites is 1. The zero-order valence-electron chi connectivity index (χ0n) is 9.87. The van der Waals surface area contributed by atoms with Gasteiger partial charge in [-0.15, -0.1) is 0 Å². The lowest BCUT2D eigenvalue weighted by atomic mass is 10.1. The summed E-state index contributed by atoms with van der Waals surface area (Å²) in [5.74, 6) is 0.595. The fraction of sp³-hybridized carbons (Fsp3) is 0. The Labute approximate surface area is 109 Å². The molecule has 0 unspecified atom stereocenters. The number of nitro groups is 1. The predicted octanol–water partition coefficient (Wildman–Crippen LogP) is 2.67. The molecule has 0 saturated heterocycles. The van der Waals surface area contributed by atoms with Gasteiger partial charge in [-0.25, -0.2) is 0 Å². The van der Waals surface area contributed by atoms with Crippen LogP contribution in [0.1, 0.15) is 5.56 Å². The molecule has 6 nitrogen and oxygen atoms in total. The van der Waals surface area contributed by atoms with Crippen LogP contribution in [0.15, 0.2) is 48.5 Å². The van der Waals surface area contributed by atoms with Crippen LogP contribution in [0.4, 0.5) is 5.69 Å². The van der Waals surface area contributed by atoms with Crippen LogP contribution in [0.25, 0.3) is 0 Å². The first-order valence-electron chi connectivity index (χ1n) is 5.43. The van der Waals surface area contributed by atoms with Gasteiger partial charge in [0.15, 0.2) is 0 Å². The summed E-state index contributed by atoms with van der Waals surface area (Å²) in [6, 6.07) is 12.9. The van der Waals surface area contributed by atoms with E-state index in [4.69, 9.17) is 15.9 Å². The molecule has 6 heteroatoms. The highest BCUT2D eigenvalue weighted by Gasteiger charge is 2.14. The molecule has 0 saturated carbocycles. The molecule has 0 amide bonds. The number of benzene rings is 2. The summed E-state index contributed by atoms with van der Waals surface area (Å²) in [6.07, 6.45) is 0. The zero-order valence-corrected chi connectivity index (χ0v) is 9.87. The number of nitrogens with one attached hydrogen (secondary N) is 1. The lowest BCUT2D eigenvalue weighted by Gasteiger charge is -2.09. The van der Waals surface area contributed by atoms with Crippen molar-refractivity contribution in [2.24, 2.45) is 5.73 Å². The van der Waals surface area contributed by atoms with Crippen molar-refractivity contribution in [3.63, 3.8) is 0 Å². The quantitative estimate of drug-likeness (QED) is 0.380. The van der Waals surface area contributed by atoms with Gasteiger partial charge < -0.3 is 10.5 Å². The van der Waals surface area contributed by atoms with Crippen LogP contribution in [0.2, 0.25) is 0 Å². The zero-order chi connectivity index (χ0) is 13.8. The van der Waals surface area contributed by atoms with E-state index in [-0.39, 0.29) is 17.1 Å². The van der Waals surface area contributed by atoms with E-state index in [1.165, 1.54) is 18.2 Å². The SMILES string of the molecule is N=C(N)c1cc([N+](=O)[O-])ccc1Oc1ccccc1. The summed E-state index contributed by atoms with van der Waals surface area (Å²) in [5.41, 5.74) is 5.48. The number of nitrogens with two attached hydrogens (primary N) is 1. The molecule has 2 aromatic rings. The first-order chi connectivity index (χ1) is 9.08. The van der Waals surface area contributed by atoms with E-state index < -0.39 is 4.92 Å². The summed E-state index contributed by atoms with van der Waals surface area (Å²) in [5, 5.41) is 18.2. The van der Waals surface area contributed by atoms with Gasteiger partial charge in [0.1, 0.15) is 17.3 Å². The third-order valence-corrected chi connectivity index (χ3v) is 2.44. The molecule has 0 aromatic heterocycles. The van der Waals surface area contributed by atoms with Crippen LogP contribution in [0, 0.1) is 15.5 Å². The van der Waals surface area contributed by atoms with Crippen molar-refractivity contribution in [3.8, 4) is 11.5 Å². The van der Waals surface area contributed by atoms with Crippen molar-refractivity contribution >= 4 is 11.5 Å². The molecule has 3 N–H and O–H groups in total. The molecule has 0 radical (unpaired) electrons. The lowest BCUT2D eigenvalue weighted by Crippen LogP contribution is -2.12. The van der Waals surface area contributed by atoms with Crippen LogP contribution < -0.4 is 10.5 Å². The van der Waals surface area contributed by atoms with Crippen molar-refractivity contribution in [2.45, 2.75) is 0 Å². The number of nitrogens with zero attached hydrogens (tertiary/aromatic N) is 1. The minimum atomic E-state index is -0.543. The molecule has 0 atom stereocenters. The molecule has 0 aliphatic heterocycles. The van der Waals surface area contributed by atoms with Gasteiger partial charge in [-0.3, -0.25) is 15.5 Å². The Balaban J connectivity index is 2.40. The fourth-order valence-corrected chi connectivity index (χ4v) is 1.55. The van der Waals surface area contributed by atoms with Gasteiger partial charge in [-0.2, -0.15) is 0 Å². The second-order valence-electron chi connectivity index (χ2n) is 3.77. The van der Waals surface area contributed by atoms with Crippen molar-refractivity contribution < 1.29 is 9.66 Å². The fourth-order valence-electron chi connectivity index (χ4n) is 1.55. The van der Waals surface area contributed by atoms with E-state index in [0.29, 0.717) is 11.5 Å². The topological polar surface area (TPSA) is 102 Å². The van der Waals surface area contributed by atoms with Crippen molar-refractivity contribution in [3.05, 3.63) is 64.2 Å². The third-order valence-electron chi connectivity index (χ3n) is 2.44. The highest BCUT2D eigenvalue weighted by Crippen LogP contribution is 2.28. The summed E-state index contributed by atoms with van der Waals surface area (Å²) in [6.45, 7) is 0. The molecule has 96 valence electrons. The molecule has 2 rings (SSSR count). The normalized spacial score (nSPS) is 9.89. The smallest absolute Gasteiger partial charge is 0.270 e. The monoisotopic (exact) mass is 257 g/mol. The minimum Gasteiger partial charge on any atom is -0.457 e. The third kappa shape index (κ3) is 2.86. The van der Waals surface area contributed by atoms with Gasteiger partial charge >= 0.3 is 0 Å². The molecule has 2 aromatic carbocycles. The van der Waals surface area contributed by atoms with Crippen LogP contribution in [0.3, 0.4) is 0 Å². The van der Waals surface area contributed by atoms with Gasteiger partial charge in [0, 0.05) is 12.1 Å². The predicted molar refractivity (Wildman–Crippen MR) is 70.6 cm³/mol. The average molecular weight is 257 g/mol. The standard InChI is InChI=1S/C13H11N3O3/c14-13(15)11-8-9(16(17)18)6-7-12(11)19-10-4-2-1-3-5-10/h1-8H,(H3,14,15). The highest BCUT2D eigenvalue weighted by atomic mass is 16.6. The molecule has 0 bridgehead atoms. The molecule has 19 heavy (non-hydrogen) atoms. The molecule has 0 fully saturated rings. The molecule has 0 aliphatic carbocycles. The number of amidine groups is 1. The Morgan fingerprint density at radius 3 is 2.47 bits per heavy atom. The molecular formula is C13H11N3O3. The van der Waals surface area contributed by atoms with Gasteiger partial charge in [-0.05, 0) is 18.2 Å². The highest BCUT2D eigenvalue weighted by molar-refractivity contribution is 5.98. The van der Waals surface area contributed by atoms with E-state index in [1.54, 1.807) is 24.3 Å². The van der Waals surface area contributed by atoms with Crippen molar-refractivity contribution in [1.29, 1.82) is 5.41 Å². The second kappa shape index (κ2) is 5.18. The summed E-state index contributed by atoms with van der Waals surface area (Å²) >= 11 is 0. The molecule has 0 heterocycles. The Bertz CT molecular complexity index is 626. The van der Waals surface area contributed by atoms with E-state index in [2.05, 4.69) is 0 Å². The van der Waals surface area contributed by atoms with Crippen LogP contribution in [-0.4, -0.2) is 10.8 Å². The number of rotatable bonds is 4. The maximum atomic E-state index is 10.7. The first-order valence-corrected chi connectivity index (χ1v) is 5.43. The number of non-ortho nitro benzene ring substituents is 1. The summed E-state index contributed by atoms with van der Waals surface area (Å²) in [7, 11) is 0. The van der Waals surface area contributed by atoms with Crippen LogP contribution >= 0.6 is 0 Å². The largest absolute Gasteiger partial charge is 0.457 e. The molecular weight excluding hydrogens is 246 g/mol. The Kier molecular flexibility index (Phi) is 3.42. The van der Waals surface area contributed by atoms with Gasteiger partial charge in [0.2, 0.25) is 0 Å². The van der Waals surface area contributed by atoms with Gasteiger partial charge in [0.25, 0.3) is 5.69 Å². The Morgan fingerprint density at radius 2 is 1.89 bits per heavy atom. The number of ether oxygens (including phenoxy) is 1. The maximum absolute atomic E-state index is 10.7. The van der Waals surface area contributed by atoms with E-state index in [1.807, 2.05) is 6.07 Å². The van der Waals surface area contributed by atoms with Crippen molar-refractivity contribution in [1.82, 2.24) is 0 Å². The van der Waals surface area contributed by atoms with Crippen LogP contribution in [0.5, 0.6) is 11.5 Å².